The van der Waals surface area contributed by atoms with Gasteiger partial charge in [0.2, 0.25) is 0 Å². The molecule has 0 unspecified atom stereocenters. The quantitative estimate of drug-likeness (QED) is 0.673. The van der Waals surface area contributed by atoms with Gasteiger partial charge in [0.1, 0.15) is 19.0 Å². The molecule has 0 amide bonds. The van der Waals surface area contributed by atoms with Crippen LogP contribution in [0.25, 0.3) is 0 Å². The molecule has 1 aromatic rings. The first-order valence-electron chi connectivity index (χ1n) is 5.58. The van der Waals surface area contributed by atoms with E-state index in [9.17, 15) is 26.3 Å². The fraction of sp³-hybridized carbons (Fsp3) is 0.455. The number of anilines is 1. The summed E-state index contributed by atoms with van der Waals surface area (Å²) in [5, 5.41) is 0. The van der Waals surface area contributed by atoms with Gasteiger partial charge in [0, 0.05) is 12.1 Å². The Labute approximate surface area is 114 Å². The van der Waals surface area contributed by atoms with Gasteiger partial charge in [-0.2, -0.15) is 26.3 Å². The molecule has 10 heteroatoms. The van der Waals surface area contributed by atoms with Crippen molar-refractivity contribution >= 4 is 5.69 Å². The highest BCUT2D eigenvalue weighted by Gasteiger charge is 2.59. The van der Waals surface area contributed by atoms with Crippen LogP contribution in [0.2, 0.25) is 0 Å². The van der Waals surface area contributed by atoms with Gasteiger partial charge in [-0.05, 0) is 0 Å². The SMILES string of the molecule is Nc1cc2c(cc1OC(C(F)(F)F)C(F)(F)F)OCCO2. The van der Waals surface area contributed by atoms with Gasteiger partial charge in [-0.25, -0.2) is 0 Å². The van der Waals surface area contributed by atoms with Gasteiger partial charge in [0.25, 0.3) is 6.10 Å². The summed E-state index contributed by atoms with van der Waals surface area (Å²) in [6, 6.07) is 1.89. The molecule has 0 spiro atoms. The van der Waals surface area contributed by atoms with Crippen molar-refractivity contribution in [2.75, 3.05) is 18.9 Å². The molecule has 118 valence electrons. The first-order valence-corrected chi connectivity index (χ1v) is 5.58. The van der Waals surface area contributed by atoms with Crippen molar-refractivity contribution in [1.82, 2.24) is 0 Å². The number of fused-ring (bicyclic) bond motifs is 1. The third kappa shape index (κ3) is 3.37. The van der Waals surface area contributed by atoms with Gasteiger partial charge in [-0.1, -0.05) is 0 Å². The zero-order valence-corrected chi connectivity index (χ0v) is 10.2. The van der Waals surface area contributed by atoms with E-state index in [1.54, 1.807) is 0 Å². The number of hydrogen-bond acceptors (Lipinski definition) is 4. The Kier molecular flexibility index (Phi) is 3.72. The molecule has 0 aromatic heterocycles. The molecule has 0 radical (unpaired) electrons. The topological polar surface area (TPSA) is 53.7 Å². The largest absolute Gasteiger partial charge is 0.486 e. The van der Waals surface area contributed by atoms with Crippen LogP contribution in [0, 0.1) is 0 Å². The number of nitrogens with two attached hydrogens (primary N) is 1. The molecule has 2 N–H and O–H groups in total. The van der Waals surface area contributed by atoms with Crippen LogP contribution in [0.4, 0.5) is 32.0 Å². The molecule has 21 heavy (non-hydrogen) atoms. The highest BCUT2D eigenvalue weighted by molar-refractivity contribution is 5.62. The Bertz CT molecular complexity index is 514. The maximum Gasteiger partial charge on any atom is 0.434 e. The summed E-state index contributed by atoms with van der Waals surface area (Å²) in [6.45, 7) is 0.304. The van der Waals surface area contributed by atoms with E-state index in [-0.39, 0.29) is 24.7 Å². The molecule has 4 nitrogen and oxygen atoms in total. The molecule has 1 aromatic carbocycles. The molecular weight excluding hydrogens is 308 g/mol. The van der Waals surface area contributed by atoms with Crippen molar-refractivity contribution in [1.29, 1.82) is 0 Å². The average Bonchev–Trinajstić information content (AvgIpc) is 2.33. The lowest BCUT2D eigenvalue weighted by atomic mass is 10.2. The maximum absolute atomic E-state index is 12.4. The van der Waals surface area contributed by atoms with Crippen LogP contribution in [0.5, 0.6) is 17.2 Å². The maximum atomic E-state index is 12.4. The van der Waals surface area contributed by atoms with Gasteiger partial charge in [-0.3, -0.25) is 0 Å². The lowest BCUT2D eigenvalue weighted by Gasteiger charge is -2.26. The fourth-order valence-electron chi connectivity index (χ4n) is 1.63. The summed E-state index contributed by atoms with van der Waals surface area (Å²) in [6.07, 6.45) is -15.2. The van der Waals surface area contributed by atoms with Gasteiger partial charge >= 0.3 is 12.4 Å². The molecule has 0 saturated heterocycles. The lowest BCUT2D eigenvalue weighted by Crippen LogP contribution is -2.46. The summed E-state index contributed by atoms with van der Waals surface area (Å²) >= 11 is 0. The molecular formula is C11H9F6NO3. The third-order valence-electron chi connectivity index (χ3n) is 2.51. The highest BCUT2D eigenvalue weighted by atomic mass is 19.4. The molecule has 0 atom stereocenters. The number of nitrogen functional groups attached to an aromatic ring is 1. The Balaban J connectivity index is 2.33. The molecule has 0 fully saturated rings. The molecule has 2 rings (SSSR count). The van der Waals surface area contributed by atoms with E-state index >= 15 is 0 Å². The van der Waals surface area contributed by atoms with Crippen LogP contribution in [-0.2, 0) is 0 Å². The van der Waals surface area contributed by atoms with E-state index in [2.05, 4.69) is 4.74 Å². The molecule has 0 bridgehead atoms. The van der Waals surface area contributed by atoms with Gasteiger partial charge in [0.15, 0.2) is 11.5 Å². The van der Waals surface area contributed by atoms with Gasteiger partial charge in [0.05, 0.1) is 5.69 Å². The van der Waals surface area contributed by atoms with Crippen molar-refractivity contribution in [2.24, 2.45) is 0 Å². The van der Waals surface area contributed by atoms with Crippen molar-refractivity contribution in [2.45, 2.75) is 18.5 Å². The Morgan fingerprint density at radius 1 is 0.952 bits per heavy atom. The average molecular weight is 317 g/mol. The van der Waals surface area contributed by atoms with Crippen molar-refractivity contribution in [3.63, 3.8) is 0 Å². The first kappa shape index (κ1) is 15.4. The van der Waals surface area contributed by atoms with Crippen LogP contribution in [0.1, 0.15) is 0 Å². The predicted octanol–water partition coefficient (Wildman–Crippen LogP) is 2.91. The Hall–Kier alpha value is -2.00. The zero-order chi connectivity index (χ0) is 15.8. The number of halogens is 6. The van der Waals surface area contributed by atoms with Crippen molar-refractivity contribution in [3.8, 4) is 17.2 Å². The summed E-state index contributed by atoms with van der Waals surface area (Å²) in [7, 11) is 0. The third-order valence-corrected chi connectivity index (χ3v) is 2.51. The summed E-state index contributed by atoms with van der Waals surface area (Å²) in [5.74, 6) is -0.686. The Morgan fingerprint density at radius 2 is 1.43 bits per heavy atom. The number of rotatable bonds is 2. The van der Waals surface area contributed by atoms with Gasteiger partial charge < -0.3 is 19.9 Å². The smallest absolute Gasteiger partial charge is 0.434 e. The second kappa shape index (κ2) is 5.08. The Morgan fingerprint density at radius 3 is 1.90 bits per heavy atom. The molecule has 0 aliphatic carbocycles. The highest BCUT2D eigenvalue weighted by Crippen LogP contribution is 2.42. The van der Waals surface area contributed by atoms with Crippen LogP contribution in [-0.4, -0.2) is 31.7 Å². The fourth-order valence-corrected chi connectivity index (χ4v) is 1.63. The monoisotopic (exact) mass is 317 g/mol. The molecule has 0 saturated carbocycles. The van der Waals surface area contributed by atoms with Crippen LogP contribution >= 0.6 is 0 Å². The van der Waals surface area contributed by atoms with Crippen LogP contribution < -0.4 is 19.9 Å². The van der Waals surface area contributed by atoms with Crippen LogP contribution in [0.3, 0.4) is 0 Å². The number of alkyl halides is 6. The van der Waals surface area contributed by atoms with E-state index < -0.39 is 29.9 Å². The first-order chi connectivity index (χ1) is 9.59. The van der Waals surface area contributed by atoms with E-state index in [4.69, 9.17) is 15.2 Å². The standard InChI is InChI=1S/C11H9F6NO3/c12-10(13,14)9(11(15,16)17)21-6-4-8-7(3-5(6)18)19-1-2-20-8/h3-4,9H,1-2,18H2. The normalized spacial score (nSPS) is 15.2. The van der Waals surface area contributed by atoms with E-state index in [0.717, 1.165) is 12.1 Å². The van der Waals surface area contributed by atoms with E-state index in [0.29, 0.717) is 0 Å². The lowest BCUT2D eigenvalue weighted by molar-refractivity contribution is -0.299. The predicted molar refractivity (Wildman–Crippen MR) is 58.4 cm³/mol. The minimum atomic E-state index is -5.63. The minimum Gasteiger partial charge on any atom is -0.486 e. The number of hydrogen-bond donors (Lipinski definition) is 1. The van der Waals surface area contributed by atoms with Crippen LogP contribution in [0.15, 0.2) is 12.1 Å². The van der Waals surface area contributed by atoms with Crippen molar-refractivity contribution in [3.05, 3.63) is 12.1 Å². The summed E-state index contributed by atoms with van der Waals surface area (Å²) in [4.78, 5) is 0. The number of ether oxygens (including phenoxy) is 3. The number of benzene rings is 1. The molecule has 1 aliphatic rings. The molecule has 1 heterocycles. The van der Waals surface area contributed by atoms with Gasteiger partial charge in [-0.15, -0.1) is 0 Å². The molecule has 1 aliphatic heterocycles. The van der Waals surface area contributed by atoms with E-state index in [1.165, 1.54) is 0 Å². The second-order valence-electron chi connectivity index (χ2n) is 4.11. The minimum absolute atomic E-state index is 0.0338. The summed E-state index contributed by atoms with van der Waals surface area (Å²) in [5.41, 5.74) is 4.97. The summed E-state index contributed by atoms with van der Waals surface area (Å²) < 4.78 is 88.8. The second-order valence-corrected chi connectivity index (χ2v) is 4.11. The van der Waals surface area contributed by atoms with E-state index in [1.807, 2.05) is 0 Å². The van der Waals surface area contributed by atoms with Crippen molar-refractivity contribution < 1.29 is 40.6 Å². The zero-order valence-electron chi connectivity index (χ0n) is 10.2.